The fourth-order valence-corrected chi connectivity index (χ4v) is 2.19. The van der Waals surface area contributed by atoms with Gasteiger partial charge in [0.05, 0.1) is 6.54 Å². The Hall–Kier alpha value is -1.63. The van der Waals surface area contributed by atoms with E-state index in [1.165, 1.54) is 6.42 Å². The predicted octanol–water partition coefficient (Wildman–Crippen LogP) is 1.86. The summed E-state index contributed by atoms with van der Waals surface area (Å²) >= 11 is 0. The molecule has 1 N–H and O–H groups in total. The molecule has 0 bridgehead atoms. The highest BCUT2D eigenvalue weighted by Gasteiger charge is 2.18. The molecule has 2 amide bonds. The number of ether oxygens (including phenoxy) is 1. The zero-order chi connectivity index (χ0) is 14.4. The number of piperidine rings is 1. The second-order valence-corrected chi connectivity index (χ2v) is 4.85. The van der Waals surface area contributed by atoms with Gasteiger partial charge in [-0.2, -0.15) is 4.98 Å². The van der Waals surface area contributed by atoms with Gasteiger partial charge in [-0.1, -0.05) is 5.16 Å². The Kier molecular flexibility index (Phi) is 5.34. The van der Waals surface area contributed by atoms with Crippen LogP contribution in [0.4, 0.5) is 4.79 Å². The van der Waals surface area contributed by atoms with Crippen LogP contribution in [0.25, 0.3) is 0 Å². The highest BCUT2D eigenvalue weighted by atomic mass is 16.5. The number of nitrogens with zero attached hydrogens (tertiary/aromatic N) is 3. The van der Waals surface area contributed by atoms with Crippen LogP contribution >= 0.6 is 0 Å². The van der Waals surface area contributed by atoms with Gasteiger partial charge < -0.3 is 19.5 Å². The molecule has 1 fully saturated rings. The summed E-state index contributed by atoms with van der Waals surface area (Å²) in [6.45, 7) is 6.27. The van der Waals surface area contributed by atoms with Gasteiger partial charge in [0, 0.05) is 19.7 Å². The maximum atomic E-state index is 11.9. The number of likely N-dealkylation sites (tertiary alicyclic amines) is 1. The molecule has 1 aliphatic rings. The highest BCUT2D eigenvalue weighted by molar-refractivity contribution is 5.74. The van der Waals surface area contributed by atoms with Gasteiger partial charge in [-0.3, -0.25) is 0 Å². The van der Waals surface area contributed by atoms with E-state index >= 15 is 0 Å². The zero-order valence-corrected chi connectivity index (χ0v) is 12.1. The lowest BCUT2D eigenvalue weighted by Gasteiger charge is -2.26. The molecule has 0 spiro atoms. The minimum atomic E-state index is -0.199. The van der Waals surface area contributed by atoms with Gasteiger partial charge in [-0.15, -0.1) is 0 Å². The summed E-state index contributed by atoms with van der Waals surface area (Å²) in [6, 6.07) is -0.0673. The van der Waals surface area contributed by atoms with Crippen LogP contribution in [0.15, 0.2) is 4.52 Å². The largest absolute Gasteiger partial charge is 0.371 e. The highest BCUT2D eigenvalue weighted by Crippen LogP contribution is 2.13. The monoisotopic (exact) mass is 282 g/mol. The average Bonchev–Trinajstić information content (AvgIpc) is 2.95. The number of amides is 2. The second-order valence-electron chi connectivity index (χ2n) is 4.85. The maximum Gasteiger partial charge on any atom is 0.317 e. The smallest absolute Gasteiger partial charge is 0.317 e. The van der Waals surface area contributed by atoms with E-state index in [1.54, 1.807) is 0 Å². The van der Waals surface area contributed by atoms with Crippen LogP contribution in [0.3, 0.4) is 0 Å². The molecule has 7 heteroatoms. The molecular formula is C13H22N4O3. The van der Waals surface area contributed by atoms with Crippen molar-refractivity contribution in [2.24, 2.45) is 0 Å². The Balaban J connectivity index is 1.80. The molecule has 2 rings (SSSR count). The zero-order valence-electron chi connectivity index (χ0n) is 12.1. The molecule has 112 valence electrons. The first kappa shape index (κ1) is 14.8. The first-order valence-corrected chi connectivity index (χ1v) is 7.17. The first-order chi connectivity index (χ1) is 9.70. The SMILES string of the molecule is CCOC(C)c1noc(CNC(=O)N2CCCCC2)n1. The van der Waals surface area contributed by atoms with E-state index in [4.69, 9.17) is 9.26 Å². The van der Waals surface area contributed by atoms with Crippen molar-refractivity contribution in [3.8, 4) is 0 Å². The Morgan fingerprint density at radius 2 is 2.20 bits per heavy atom. The summed E-state index contributed by atoms with van der Waals surface area (Å²) in [6.07, 6.45) is 3.15. The number of carbonyl (C=O) groups excluding carboxylic acids is 1. The van der Waals surface area contributed by atoms with E-state index in [-0.39, 0.29) is 18.7 Å². The molecule has 1 aromatic rings. The number of aromatic nitrogens is 2. The molecule has 1 aromatic heterocycles. The topological polar surface area (TPSA) is 80.5 Å². The van der Waals surface area contributed by atoms with Gasteiger partial charge in [-0.25, -0.2) is 4.79 Å². The number of nitrogens with one attached hydrogen (secondary N) is 1. The molecule has 0 aromatic carbocycles. The lowest BCUT2D eigenvalue weighted by Crippen LogP contribution is -2.42. The average molecular weight is 282 g/mol. The fraction of sp³-hybridized carbons (Fsp3) is 0.769. The van der Waals surface area contributed by atoms with Crippen LogP contribution in [-0.2, 0) is 11.3 Å². The van der Waals surface area contributed by atoms with Crippen molar-refractivity contribution in [3.63, 3.8) is 0 Å². The summed E-state index contributed by atoms with van der Waals surface area (Å²) in [5.41, 5.74) is 0. The van der Waals surface area contributed by atoms with Gasteiger partial charge in [-0.05, 0) is 33.1 Å². The first-order valence-electron chi connectivity index (χ1n) is 7.17. The van der Waals surface area contributed by atoms with Crippen molar-refractivity contribution in [1.82, 2.24) is 20.4 Å². The maximum absolute atomic E-state index is 11.9. The van der Waals surface area contributed by atoms with E-state index in [0.717, 1.165) is 25.9 Å². The number of carbonyl (C=O) groups is 1. The van der Waals surface area contributed by atoms with E-state index in [0.29, 0.717) is 18.3 Å². The number of urea groups is 1. The molecule has 20 heavy (non-hydrogen) atoms. The Labute approximate surface area is 118 Å². The van der Waals surface area contributed by atoms with Crippen LogP contribution in [0, 0.1) is 0 Å². The van der Waals surface area contributed by atoms with Gasteiger partial charge in [0.25, 0.3) is 0 Å². The molecule has 7 nitrogen and oxygen atoms in total. The van der Waals surface area contributed by atoms with Crippen molar-refractivity contribution in [2.45, 2.75) is 45.8 Å². The van der Waals surface area contributed by atoms with E-state index < -0.39 is 0 Å². The summed E-state index contributed by atoms with van der Waals surface area (Å²) in [5, 5.41) is 6.65. The molecule has 1 saturated heterocycles. The number of hydrogen-bond donors (Lipinski definition) is 1. The summed E-state index contributed by atoms with van der Waals surface area (Å²) < 4.78 is 10.5. The summed E-state index contributed by atoms with van der Waals surface area (Å²) in [5.74, 6) is 0.908. The fourth-order valence-electron chi connectivity index (χ4n) is 2.19. The van der Waals surface area contributed by atoms with Gasteiger partial charge in [0.1, 0.15) is 6.10 Å². The minimum absolute atomic E-state index is 0.0673. The molecule has 2 heterocycles. The van der Waals surface area contributed by atoms with Crippen LogP contribution in [0.5, 0.6) is 0 Å². The molecule has 0 saturated carbocycles. The third kappa shape index (κ3) is 3.93. The quantitative estimate of drug-likeness (QED) is 0.891. The van der Waals surface area contributed by atoms with Gasteiger partial charge in [0.15, 0.2) is 5.82 Å². The molecule has 0 aliphatic carbocycles. The van der Waals surface area contributed by atoms with Crippen LogP contribution in [0.1, 0.15) is 50.9 Å². The van der Waals surface area contributed by atoms with E-state index in [2.05, 4.69) is 15.5 Å². The molecule has 1 atom stereocenters. The lowest BCUT2D eigenvalue weighted by atomic mass is 10.1. The third-order valence-electron chi connectivity index (χ3n) is 3.30. The number of rotatable bonds is 5. The van der Waals surface area contributed by atoms with Crippen molar-refractivity contribution in [3.05, 3.63) is 11.7 Å². The molecule has 1 aliphatic heterocycles. The summed E-state index contributed by atoms with van der Waals surface area (Å²) in [4.78, 5) is 17.9. The predicted molar refractivity (Wildman–Crippen MR) is 72.0 cm³/mol. The normalized spacial score (nSPS) is 17.0. The summed E-state index contributed by atoms with van der Waals surface area (Å²) in [7, 11) is 0. The van der Waals surface area contributed by atoms with Crippen LogP contribution in [0.2, 0.25) is 0 Å². The Morgan fingerprint density at radius 3 is 2.90 bits per heavy atom. The van der Waals surface area contributed by atoms with Gasteiger partial charge >= 0.3 is 6.03 Å². The van der Waals surface area contributed by atoms with Crippen LogP contribution < -0.4 is 5.32 Å². The van der Waals surface area contributed by atoms with E-state index in [9.17, 15) is 4.79 Å². The minimum Gasteiger partial charge on any atom is -0.371 e. The molecule has 0 radical (unpaired) electrons. The lowest BCUT2D eigenvalue weighted by molar-refractivity contribution is 0.0683. The van der Waals surface area contributed by atoms with Crippen LogP contribution in [-0.4, -0.2) is 40.8 Å². The van der Waals surface area contributed by atoms with Crippen molar-refractivity contribution in [2.75, 3.05) is 19.7 Å². The Morgan fingerprint density at radius 1 is 1.45 bits per heavy atom. The van der Waals surface area contributed by atoms with E-state index in [1.807, 2.05) is 18.7 Å². The van der Waals surface area contributed by atoms with Crippen molar-refractivity contribution >= 4 is 6.03 Å². The van der Waals surface area contributed by atoms with Crippen molar-refractivity contribution in [1.29, 1.82) is 0 Å². The van der Waals surface area contributed by atoms with Gasteiger partial charge in [0.2, 0.25) is 5.89 Å². The molecular weight excluding hydrogens is 260 g/mol. The Bertz CT molecular complexity index is 429. The number of hydrogen-bond acceptors (Lipinski definition) is 5. The molecule has 1 unspecified atom stereocenters. The standard InChI is InChI=1S/C13H22N4O3/c1-3-19-10(2)12-15-11(20-16-12)9-14-13(18)17-7-5-4-6-8-17/h10H,3-9H2,1-2H3,(H,14,18). The third-order valence-corrected chi connectivity index (χ3v) is 3.30. The van der Waals surface area contributed by atoms with Crippen molar-refractivity contribution < 1.29 is 14.1 Å². The second kappa shape index (κ2) is 7.23.